The molecule has 0 aliphatic carbocycles. The zero-order valence-corrected chi connectivity index (χ0v) is 18.4. The molecular formula is C23H36N2OS. The molecule has 3 nitrogen and oxygen atoms in total. The molecule has 0 aromatic heterocycles. The largest absolute Gasteiger partial charge is 0.358 e. The number of nitrogens with one attached hydrogen (secondary N) is 1. The monoisotopic (exact) mass is 388 g/mol. The van der Waals surface area contributed by atoms with Crippen LogP contribution in [0.5, 0.6) is 0 Å². The summed E-state index contributed by atoms with van der Waals surface area (Å²) in [4.78, 5) is 14.6. The van der Waals surface area contributed by atoms with Crippen molar-refractivity contribution in [1.29, 1.82) is 0 Å². The number of amides is 1. The highest BCUT2D eigenvalue weighted by atomic mass is 32.2. The Kier molecular flexibility index (Phi) is 11.9. The number of hydrogen-bond donors (Lipinski definition) is 1. The number of hydrogen-bond acceptors (Lipinski definition) is 3. The Balaban J connectivity index is 2.59. The average Bonchev–Trinajstić information content (AvgIpc) is 2.69. The summed E-state index contributed by atoms with van der Waals surface area (Å²) in [6.07, 6.45) is 12.7. The Morgan fingerprint density at radius 3 is 2.70 bits per heavy atom. The van der Waals surface area contributed by atoms with E-state index in [1.807, 2.05) is 13.2 Å². The molecule has 0 saturated heterocycles. The van der Waals surface area contributed by atoms with Gasteiger partial charge in [0, 0.05) is 13.6 Å². The van der Waals surface area contributed by atoms with Gasteiger partial charge in [-0.15, -0.1) is 11.8 Å². The van der Waals surface area contributed by atoms with E-state index in [9.17, 15) is 4.79 Å². The normalized spacial score (nSPS) is 14.1. The number of thioether (sulfide) groups is 1. The number of carbonyl (C=O) groups excluding carboxylic acids is 1. The Morgan fingerprint density at radius 2 is 2.07 bits per heavy atom. The van der Waals surface area contributed by atoms with Gasteiger partial charge in [0.2, 0.25) is 5.91 Å². The van der Waals surface area contributed by atoms with Gasteiger partial charge in [0.1, 0.15) is 5.25 Å². The molecule has 27 heavy (non-hydrogen) atoms. The summed E-state index contributed by atoms with van der Waals surface area (Å²) in [7, 11) is 1.70. The van der Waals surface area contributed by atoms with Crippen molar-refractivity contribution in [1.82, 2.24) is 10.2 Å². The van der Waals surface area contributed by atoms with Crippen LogP contribution >= 0.6 is 11.8 Å². The number of benzene rings is 1. The van der Waals surface area contributed by atoms with Gasteiger partial charge in [-0.2, -0.15) is 0 Å². The molecule has 0 radical (unpaired) electrons. The minimum atomic E-state index is -0.137. The van der Waals surface area contributed by atoms with E-state index < -0.39 is 0 Å². The summed E-state index contributed by atoms with van der Waals surface area (Å²) in [5, 5.41) is 2.62. The van der Waals surface area contributed by atoms with Crippen LogP contribution in [0.15, 0.2) is 48.6 Å². The van der Waals surface area contributed by atoms with Crippen molar-refractivity contribution in [3.05, 3.63) is 59.7 Å². The van der Waals surface area contributed by atoms with Crippen LogP contribution in [0.4, 0.5) is 0 Å². The number of nitrogens with zero attached hydrogens (tertiary/aromatic N) is 1. The van der Waals surface area contributed by atoms with Crippen molar-refractivity contribution in [2.75, 3.05) is 32.9 Å². The van der Waals surface area contributed by atoms with E-state index in [1.165, 1.54) is 12.0 Å². The van der Waals surface area contributed by atoms with Gasteiger partial charge in [0.25, 0.3) is 0 Å². The first-order chi connectivity index (χ1) is 13.0. The van der Waals surface area contributed by atoms with Crippen molar-refractivity contribution in [3.8, 4) is 0 Å². The van der Waals surface area contributed by atoms with Gasteiger partial charge in [0.05, 0.1) is 0 Å². The van der Waals surface area contributed by atoms with E-state index >= 15 is 0 Å². The lowest BCUT2D eigenvalue weighted by Gasteiger charge is -2.22. The van der Waals surface area contributed by atoms with Crippen LogP contribution in [0.25, 0.3) is 0 Å². The molecular weight excluding hydrogens is 352 g/mol. The van der Waals surface area contributed by atoms with Crippen LogP contribution in [0, 0.1) is 5.92 Å². The highest BCUT2D eigenvalue weighted by molar-refractivity contribution is 7.99. The van der Waals surface area contributed by atoms with Gasteiger partial charge < -0.3 is 10.2 Å². The number of likely N-dealkylation sites (N-methyl/N-ethyl adjacent to an activating group) is 2. The molecule has 0 fully saturated rings. The van der Waals surface area contributed by atoms with Crippen LogP contribution < -0.4 is 5.32 Å². The van der Waals surface area contributed by atoms with Crippen LogP contribution in [-0.4, -0.2) is 43.7 Å². The third kappa shape index (κ3) is 8.81. The lowest BCUT2D eigenvalue weighted by atomic mass is 10.0. The van der Waals surface area contributed by atoms with E-state index in [4.69, 9.17) is 0 Å². The molecule has 1 amide bonds. The minimum absolute atomic E-state index is 0.0646. The molecule has 150 valence electrons. The standard InChI is InChI=1S/C23H36N2OS/c1-6-8-9-11-19(3)14-16-25(7-2)17-15-20-12-10-13-21(18-20)22(27-5)23(26)24-4/h6,8-13,18-19,22H,7,14-17H2,1-5H3,(H,24,26)/b8-6-,11-9-. The fourth-order valence-corrected chi connectivity index (χ4v) is 3.75. The van der Waals surface area contributed by atoms with Crippen LogP contribution in [0.1, 0.15) is 43.6 Å². The number of carbonyl (C=O) groups is 1. The fourth-order valence-electron chi connectivity index (χ4n) is 3.00. The second-order valence-electron chi connectivity index (χ2n) is 6.84. The highest BCUT2D eigenvalue weighted by Crippen LogP contribution is 2.27. The van der Waals surface area contributed by atoms with E-state index in [-0.39, 0.29) is 11.2 Å². The fraction of sp³-hybridized carbons (Fsp3) is 0.522. The maximum atomic E-state index is 12.1. The second-order valence-corrected chi connectivity index (χ2v) is 7.78. The van der Waals surface area contributed by atoms with E-state index in [1.54, 1.807) is 18.8 Å². The minimum Gasteiger partial charge on any atom is -0.358 e. The maximum Gasteiger partial charge on any atom is 0.237 e. The molecule has 0 spiro atoms. The van der Waals surface area contributed by atoms with Gasteiger partial charge in [0.15, 0.2) is 0 Å². The first-order valence-electron chi connectivity index (χ1n) is 9.90. The summed E-state index contributed by atoms with van der Waals surface area (Å²) >= 11 is 1.58. The maximum absolute atomic E-state index is 12.1. The molecule has 4 heteroatoms. The molecule has 1 aromatic carbocycles. The van der Waals surface area contributed by atoms with Crippen molar-refractivity contribution >= 4 is 17.7 Å². The SMILES string of the molecule is C/C=C\C=C/C(C)CCN(CC)CCc1cccc(C(SC)C(=O)NC)c1. The Morgan fingerprint density at radius 1 is 1.30 bits per heavy atom. The van der Waals surface area contributed by atoms with Gasteiger partial charge in [-0.3, -0.25) is 4.79 Å². The van der Waals surface area contributed by atoms with Crippen molar-refractivity contribution in [2.45, 2.75) is 38.9 Å². The molecule has 2 unspecified atom stereocenters. The van der Waals surface area contributed by atoms with Gasteiger partial charge in [-0.25, -0.2) is 0 Å². The molecule has 0 aliphatic rings. The van der Waals surface area contributed by atoms with E-state index in [2.05, 4.69) is 72.6 Å². The van der Waals surface area contributed by atoms with Gasteiger partial charge in [-0.1, -0.05) is 62.4 Å². The van der Waals surface area contributed by atoms with Crippen molar-refractivity contribution in [3.63, 3.8) is 0 Å². The third-order valence-corrected chi connectivity index (χ3v) is 5.74. The van der Waals surface area contributed by atoms with Gasteiger partial charge in [-0.05, 0) is 56.2 Å². The molecule has 0 aliphatic heterocycles. The Labute approximate surface area is 170 Å². The zero-order chi connectivity index (χ0) is 20.1. The van der Waals surface area contributed by atoms with Gasteiger partial charge >= 0.3 is 0 Å². The predicted molar refractivity (Wildman–Crippen MR) is 120 cm³/mol. The van der Waals surface area contributed by atoms with Crippen LogP contribution in [0.3, 0.4) is 0 Å². The van der Waals surface area contributed by atoms with E-state index in [0.717, 1.165) is 31.6 Å². The predicted octanol–water partition coefficient (Wildman–Crippen LogP) is 4.86. The molecule has 0 heterocycles. The second kappa shape index (κ2) is 13.6. The smallest absolute Gasteiger partial charge is 0.237 e. The summed E-state index contributed by atoms with van der Waals surface area (Å²) in [6, 6.07) is 8.48. The summed E-state index contributed by atoms with van der Waals surface area (Å²) in [5.74, 6) is 0.656. The summed E-state index contributed by atoms with van der Waals surface area (Å²) in [5.41, 5.74) is 2.39. The zero-order valence-electron chi connectivity index (χ0n) is 17.6. The van der Waals surface area contributed by atoms with Crippen molar-refractivity contribution < 1.29 is 4.79 Å². The Hall–Kier alpha value is -1.52. The lowest BCUT2D eigenvalue weighted by Crippen LogP contribution is -2.28. The molecule has 0 saturated carbocycles. The van der Waals surface area contributed by atoms with Crippen LogP contribution in [0.2, 0.25) is 0 Å². The lowest BCUT2D eigenvalue weighted by molar-refractivity contribution is -0.120. The summed E-state index contributed by atoms with van der Waals surface area (Å²) < 4.78 is 0. The summed E-state index contributed by atoms with van der Waals surface area (Å²) in [6.45, 7) is 9.78. The quantitative estimate of drug-likeness (QED) is 0.519. The first-order valence-corrected chi connectivity index (χ1v) is 11.2. The molecule has 1 N–H and O–H groups in total. The van der Waals surface area contributed by atoms with E-state index in [0.29, 0.717) is 5.92 Å². The molecule has 1 rings (SSSR count). The Bertz CT molecular complexity index is 612. The number of rotatable bonds is 12. The molecule has 2 atom stereocenters. The third-order valence-electron chi connectivity index (χ3n) is 4.78. The highest BCUT2D eigenvalue weighted by Gasteiger charge is 2.18. The number of allylic oxidation sites excluding steroid dienone is 4. The topological polar surface area (TPSA) is 32.3 Å². The molecule has 0 bridgehead atoms. The first kappa shape index (κ1) is 23.5. The van der Waals surface area contributed by atoms with Crippen LogP contribution in [-0.2, 0) is 11.2 Å². The van der Waals surface area contributed by atoms with Crippen molar-refractivity contribution in [2.24, 2.45) is 5.92 Å². The average molecular weight is 389 g/mol. The molecule has 1 aromatic rings.